The van der Waals surface area contributed by atoms with Gasteiger partial charge in [-0.3, -0.25) is 0 Å². The van der Waals surface area contributed by atoms with E-state index in [1.165, 1.54) is 53.4 Å². The van der Waals surface area contributed by atoms with E-state index in [9.17, 15) is 0 Å². The maximum atomic E-state index is 5.48. The second kappa shape index (κ2) is 8.24. The number of benzene rings is 2. The summed E-state index contributed by atoms with van der Waals surface area (Å²) < 4.78 is 7.85. The van der Waals surface area contributed by atoms with E-state index in [4.69, 9.17) is 4.74 Å². The third-order valence-electron chi connectivity index (χ3n) is 5.14. The molecule has 2 aromatic carbocycles. The van der Waals surface area contributed by atoms with E-state index < -0.39 is 0 Å². The minimum absolute atomic E-state index is 0.944. The maximum Gasteiger partial charge on any atom is 0.119 e. The van der Waals surface area contributed by atoms with Crippen LogP contribution in [0, 0.1) is 0 Å². The molecular formula is C23H29NO. The molecule has 0 aliphatic heterocycles. The number of hydrogen-bond acceptors (Lipinski definition) is 1. The first-order chi connectivity index (χ1) is 12.2. The molecule has 0 aliphatic rings. The predicted molar refractivity (Wildman–Crippen MR) is 107 cm³/mol. The molecule has 3 rings (SSSR count). The molecule has 1 aromatic heterocycles. The molecule has 0 bridgehead atoms. The number of methoxy groups -OCH3 is 1. The Kier molecular flexibility index (Phi) is 5.80. The van der Waals surface area contributed by atoms with Crippen molar-refractivity contribution in [1.29, 1.82) is 0 Å². The van der Waals surface area contributed by atoms with Gasteiger partial charge in [-0.15, -0.1) is 0 Å². The molecule has 0 saturated carbocycles. The Morgan fingerprint density at radius 1 is 0.960 bits per heavy atom. The fourth-order valence-corrected chi connectivity index (χ4v) is 3.70. The SMILES string of the molecule is CCCCCCc1c(Cc2ccccc2)n(C)c2ccc(OC)cc12. The van der Waals surface area contributed by atoms with Crippen molar-refractivity contribution in [3.8, 4) is 5.75 Å². The minimum atomic E-state index is 0.944. The number of fused-ring (bicyclic) bond motifs is 1. The lowest BCUT2D eigenvalue weighted by atomic mass is 9.99. The van der Waals surface area contributed by atoms with Crippen LogP contribution in [0.1, 0.15) is 49.4 Å². The van der Waals surface area contributed by atoms with Gasteiger partial charge in [0.05, 0.1) is 7.11 Å². The topological polar surface area (TPSA) is 14.2 Å². The molecule has 1 heterocycles. The van der Waals surface area contributed by atoms with Gasteiger partial charge in [0.1, 0.15) is 5.75 Å². The lowest BCUT2D eigenvalue weighted by molar-refractivity contribution is 0.415. The van der Waals surface area contributed by atoms with Gasteiger partial charge in [0, 0.05) is 30.1 Å². The zero-order valence-electron chi connectivity index (χ0n) is 15.7. The molecule has 0 fully saturated rings. The Bertz CT molecular complexity index is 817. The zero-order valence-corrected chi connectivity index (χ0v) is 15.7. The van der Waals surface area contributed by atoms with Crippen LogP contribution in [0.25, 0.3) is 10.9 Å². The number of rotatable bonds is 8. The second-order valence-electron chi connectivity index (χ2n) is 6.84. The van der Waals surface area contributed by atoms with Crippen molar-refractivity contribution in [1.82, 2.24) is 4.57 Å². The quantitative estimate of drug-likeness (QED) is 0.467. The fourth-order valence-electron chi connectivity index (χ4n) is 3.70. The van der Waals surface area contributed by atoms with E-state index in [-0.39, 0.29) is 0 Å². The molecule has 0 spiro atoms. The summed E-state index contributed by atoms with van der Waals surface area (Å²) in [7, 11) is 3.94. The van der Waals surface area contributed by atoms with Crippen LogP contribution in [0.3, 0.4) is 0 Å². The number of ether oxygens (including phenoxy) is 1. The van der Waals surface area contributed by atoms with Crippen molar-refractivity contribution in [2.24, 2.45) is 7.05 Å². The number of aryl methyl sites for hydroxylation is 2. The summed E-state index contributed by atoms with van der Waals surface area (Å²) in [5.74, 6) is 0.944. The smallest absolute Gasteiger partial charge is 0.119 e. The van der Waals surface area contributed by atoms with Gasteiger partial charge in [-0.2, -0.15) is 0 Å². The van der Waals surface area contributed by atoms with Crippen molar-refractivity contribution < 1.29 is 4.74 Å². The average Bonchev–Trinajstić information content (AvgIpc) is 2.91. The van der Waals surface area contributed by atoms with Gasteiger partial charge in [0.2, 0.25) is 0 Å². The van der Waals surface area contributed by atoms with Crippen molar-refractivity contribution in [2.75, 3.05) is 7.11 Å². The number of unbranched alkanes of at least 4 members (excludes halogenated alkanes) is 3. The van der Waals surface area contributed by atoms with Crippen LogP contribution in [0.5, 0.6) is 5.75 Å². The summed E-state index contributed by atoms with van der Waals surface area (Å²) >= 11 is 0. The van der Waals surface area contributed by atoms with E-state index >= 15 is 0 Å². The van der Waals surface area contributed by atoms with Crippen molar-refractivity contribution in [3.05, 3.63) is 65.4 Å². The van der Waals surface area contributed by atoms with Gasteiger partial charge in [-0.25, -0.2) is 0 Å². The van der Waals surface area contributed by atoms with E-state index in [1.54, 1.807) is 7.11 Å². The average molecular weight is 335 g/mol. The van der Waals surface area contributed by atoms with Crippen LogP contribution >= 0.6 is 0 Å². The van der Waals surface area contributed by atoms with E-state index in [0.717, 1.165) is 18.6 Å². The molecule has 132 valence electrons. The number of hydrogen-bond donors (Lipinski definition) is 0. The second-order valence-corrected chi connectivity index (χ2v) is 6.84. The summed E-state index contributed by atoms with van der Waals surface area (Å²) in [5, 5.41) is 1.35. The van der Waals surface area contributed by atoms with E-state index in [1.807, 2.05) is 0 Å². The summed E-state index contributed by atoms with van der Waals surface area (Å²) in [6, 6.07) is 17.2. The summed E-state index contributed by atoms with van der Waals surface area (Å²) in [4.78, 5) is 0. The molecule has 0 unspecified atom stereocenters. The van der Waals surface area contributed by atoms with Gasteiger partial charge >= 0.3 is 0 Å². The first-order valence-corrected chi connectivity index (χ1v) is 9.42. The predicted octanol–water partition coefficient (Wildman–Crippen LogP) is 5.90. The van der Waals surface area contributed by atoms with Gasteiger partial charge in [0.15, 0.2) is 0 Å². The van der Waals surface area contributed by atoms with Crippen molar-refractivity contribution in [2.45, 2.75) is 45.4 Å². The first-order valence-electron chi connectivity index (χ1n) is 9.42. The molecule has 0 saturated heterocycles. The highest BCUT2D eigenvalue weighted by molar-refractivity contribution is 5.87. The number of aromatic nitrogens is 1. The van der Waals surface area contributed by atoms with Gasteiger partial charge in [0.25, 0.3) is 0 Å². The standard InChI is InChI=1S/C23H29NO/c1-4-5-6-10-13-20-21-17-19(25-3)14-15-22(21)24(2)23(20)16-18-11-8-7-9-12-18/h7-9,11-12,14-15,17H,4-6,10,13,16H2,1-3H3. The van der Waals surface area contributed by atoms with Crippen molar-refractivity contribution in [3.63, 3.8) is 0 Å². The maximum absolute atomic E-state index is 5.48. The molecule has 3 aromatic rings. The summed E-state index contributed by atoms with van der Waals surface area (Å²) in [5.41, 5.74) is 5.61. The fraction of sp³-hybridized carbons (Fsp3) is 0.391. The number of nitrogens with zero attached hydrogens (tertiary/aromatic N) is 1. The Labute approximate surface area is 151 Å². The van der Waals surface area contributed by atoms with E-state index in [0.29, 0.717) is 0 Å². The first kappa shape index (κ1) is 17.6. The normalized spacial score (nSPS) is 11.2. The third kappa shape index (κ3) is 3.89. The molecule has 2 heteroatoms. The molecule has 0 aliphatic carbocycles. The minimum Gasteiger partial charge on any atom is -0.497 e. The highest BCUT2D eigenvalue weighted by Crippen LogP contribution is 2.31. The molecule has 0 radical (unpaired) electrons. The van der Waals surface area contributed by atoms with Crippen LogP contribution in [0.2, 0.25) is 0 Å². The zero-order chi connectivity index (χ0) is 17.6. The van der Waals surface area contributed by atoms with Crippen LogP contribution in [-0.2, 0) is 19.9 Å². The molecular weight excluding hydrogens is 306 g/mol. The van der Waals surface area contributed by atoms with Crippen LogP contribution in [-0.4, -0.2) is 11.7 Å². The molecule has 2 nitrogen and oxygen atoms in total. The Balaban J connectivity index is 2.01. The van der Waals surface area contributed by atoms with Gasteiger partial charge in [-0.05, 0) is 42.2 Å². The Morgan fingerprint density at radius 2 is 1.76 bits per heavy atom. The summed E-state index contributed by atoms with van der Waals surface area (Å²) in [6.07, 6.45) is 7.29. The Morgan fingerprint density at radius 3 is 2.48 bits per heavy atom. The van der Waals surface area contributed by atoms with Gasteiger partial charge in [-0.1, -0.05) is 56.5 Å². The monoisotopic (exact) mass is 335 g/mol. The molecule has 25 heavy (non-hydrogen) atoms. The highest BCUT2D eigenvalue weighted by Gasteiger charge is 2.16. The Hall–Kier alpha value is -2.22. The lowest BCUT2D eigenvalue weighted by Gasteiger charge is -2.09. The van der Waals surface area contributed by atoms with Crippen molar-refractivity contribution >= 4 is 10.9 Å². The van der Waals surface area contributed by atoms with Crippen LogP contribution in [0.4, 0.5) is 0 Å². The molecule has 0 atom stereocenters. The summed E-state index contributed by atoms with van der Waals surface area (Å²) in [6.45, 7) is 2.27. The van der Waals surface area contributed by atoms with Crippen LogP contribution < -0.4 is 4.74 Å². The molecule has 0 N–H and O–H groups in total. The highest BCUT2D eigenvalue weighted by atomic mass is 16.5. The largest absolute Gasteiger partial charge is 0.497 e. The van der Waals surface area contributed by atoms with Gasteiger partial charge < -0.3 is 9.30 Å². The third-order valence-corrected chi connectivity index (χ3v) is 5.14. The van der Waals surface area contributed by atoms with E-state index in [2.05, 4.69) is 67.1 Å². The lowest BCUT2D eigenvalue weighted by Crippen LogP contribution is -2.01. The molecule has 0 amide bonds. The van der Waals surface area contributed by atoms with Crippen LogP contribution in [0.15, 0.2) is 48.5 Å².